The number of amides is 1. The second-order valence-corrected chi connectivity index (χ2v) is 16.5. The first-order valence-corrected chi connectivity index (χ1v) is 24.1. The van der Waals surface area contributed by atoms with Crippen molar-refractivity contribution in [3.8, 4) is 0 Å². The van der Waals surface area contributed by atoms with Crippen LogP contribution in [0.1, 0.15) is 252 Å². The van der Waals surface area contributed by atoms with Gasteiger partial charge in [-0.25, -0.2) is 0 Å². The fraction of sp³-hybridized carbons (Fsp3) is 0.878. The van der Waals surface area contributed by atoms with Crippen LogP contribution in [0.3, 0.4) is 0 Å². The van der Waals surface area contributed by atoms with Gasteiger partial charge in [0.2, 0.25) is 5.91 Å². The molecule has 3 N–H and O–H groups in total. The van der Waals surface area contributed by atoms with Crippen LogP contribution in [0.4, 0.5) is 0 Å². The zero-order valence-electron chi connectivity index (χ0n) is 36.8. The molecule has 0 aromatic carbocycles. The molecule has 0 radical (unpaired) electrons. The topological polar surface area (TPSA) is 95.9 Å². The van der Waals surface area contributed by atoms with E-state index in [1.54, 1.807) is 0 Å². The number of aliphatic hydroxyl groups is 2. The third-order valence-corrected chi connectivity index (χ3v) is 11.0. The molecule has 0 rings (SSSR count). The van der Waals surface area contributed by atoms with E-state index in [0.29, 0.717) is 25.7 Å². The van der Waals surface area contributed by atoms with Crippen molar-refractivity contribution < 1.29 is 24.5 Å². The molecule has 0 bridgehead atoms. The Hall–Kier alpha value is -1.66. The minimum atomic E-state index is -0.790. The second kappa shape index (κ2) is 43.5. The minimum absolute atomic E-state index is 0.0592. The van der Waals surface area contributed by atoms with Crippen LogP contribution in [0.2, 0.25) is 0 Å². The molecule has 324 valence electrons. The van der Waals surface area contributed by atoms with E-state index in [0.717, 1.165) is 51.4 Å². The van der Waals surface area contributed by atoms with Crippen molar-refractivity contribution in [3.63, 3.8) is 0 Å². The van der Waals surface area contributed by atoms with Gasteiger partial charge in [-0.3, -0.25) is 9.59 Å². The number of hydrogen-bond donors (Lipinski definition) is 3. The Morgan fingerprint density at radius 2 is 0.927 bits per heavy atom. The van der Waals surface area contributed by atoms with Gasteiger partial charge in [-0.1, -0.05) is 218 Å². The number of ether oxygens (including phenoxy) is 1. The molecule has 0 heterocycles. The highest BCUT2D eigenvalue weighted by Gasteiger charge is 2.24. The number of allylic oxidation sites excluding steroid dienone is 4. The molecule has 6 nitrogen and oxygen atoms in total. The highest BCUT2D eigenvalue weighted by Crippen LogP contribution is 2.17. The van der Waals surface area contributed by atoms with Gasteiger partial charge in [-0.15, -0.1) is 0 Å². The van der Waals surface area contributed by atoms with Gasteiger partial charge >= 0.3 is 5.97 Å². The van der Waals surface area contributed by atoms with E-state index in [1.807, 2.05) is 6.08 Å². The van der Waals surface area contributed by atoms with Crippen molar-refractivity contribution >= 4 is 11.9 Å². The number of esters is 1. The van der Waals surface area contributed by atoms with Gasteiger partial charge in [-0.2, -0.15) is 0 Å². The first-order chi connectivity index (χ1) is 27.0. The molecule has 0 aliphatic rings. The summed E-state index contributed by atoms with van der Waals surface area (Å²) in [7, 11) is 0. The fourth-order valence-corrected chi connectivity index (χ4v) is 7.37. The van der Waals surface area contributed by atoms with Crippen LogP contribution in [0.25, 0.3) is 0 Å². The molecule has 0 fully saturated rings. The molecule has 0 aliphatic heterocycles. The molecular formula is C49H93NO5. The van der Waals surface area contributed by atoms with E-state index in [1.165, 1.54) is 148 Å². The number of nitrogens with one attached hydrogen (secondary N) is 1. The quantitative estimate of drug-likeness (QED) is 0.0326. The van der Waals surface area contributed by atoms with Crippen LogP contribution < -0.4 is 5.32 Å². The molecule has 0 saturated carbocycles. The molecular weight excluding hydrogens is 683 g/mol. The van der Waals surface area contributed by atoms with E-state index in [4.69, 9.17) is 4.74 Å². The number of aliphatic hydroxyl groups excluding tert-OH is 2. The molecule has 1 amide bonds. The first-order valence-electron chi connectivity index (χ1n) is 24.1. The molecule has 3 unspecified atom stereocenters. The van der Waals surface area contributed by atoms with Gasteiger partial charge in [0, 0.05) is 6.42 Å². The number of carbonyl (C=O) groups excluding carboxylic acids is 2. The van der Waals surface area contributed by atoms with Crippen LogP contribution in [0, 0.1) is 0 Å². The van der Waals surface area contributed by atoms with Gasteiger partial charge < -0.3 is 20.3 Å². The highest BCUT2D eigenvalue weighted by atomic mass is 16.5. The summed E-state index contributed by atoms with van der Waals surface area (Å²) in [6, 6.07) is -0.705. The molecule has 0 aromatic rings. The van der Waals surface area contributed by atoms with E-state index < -0.39 is 18.2 Å². The lowest BCUT2D eigenvalue weighted by Gasteiger charge is -2.24. The Morgan fingerprint density at radius 1 is 0.527 bits per heavy atom. The Morgan fingerprint density at radius 3 is 1.38 bits per heavy atom. The van der Waals surface area contributed by atoms with Crippen molar-refractivity contribution in [1.82, 2.24) is 5.32 Å². The Bertz CT molecular complexity index is 873. The lowest BCUT2D eigenvalue weighted by molar-refractivity contribution is -0.150. The highest BCUT2D eigenvalue weighted by molar-refractivity contribution is 5.77. The predicted octanol–water partition coefficient (Wildman–Crippen LogP) is 14.0. The maximum atomic E-state index is 13.1. The SMILES string of the molecule is CCCCCCCC/C=C\C/C=C/CCC(=O)OC(CCCCCCCCCC)CC(=O)NC(CO)C(O)CCCCCCCCCCCCCCCCC. The third kappa shape index (κ3) is 39.0. The molecule has 6 heteroatoms. The third-order valence-electron chi connectivity index (χ3n) is 11.0. The van der Waals surface area contributed by atoms with Crippen LogP contribution in [-0.4, -0.2) is 46.9 Å². The number of rotatable bonds is 43. The van der Waals surface area contributed by atoms with Gasteiger partial charge in [0.15, 0.2) is 0 Å². The summed E-state index contributed by atoms with van der Waals surface area (Å²) in [6.07, 6.45) is 48.2. The molecule has 0 aliphatic carbocycles. The Labute approximate surface area is 341 Å². The monoisotopic (exact) mass is 776 g/mol. The largest absolute Gasteiger partial charge is 0.462 e. The first kappa shape index (κ1) is 53.3. The standard InChI is InChI=1S/C49H93NO5/c1-4-7-10-13-16-19-21-23-24-26-27-29-32-35-38-41-47(52)46(44-51)50-48(53)43-45(40-37-34-31-18-15-12-9-6-3)55-49(54)42-39-36-33-30-28-25-22-20-17-14-11-8-5-2/h25,28,33,36,45-47,51-52H,4-24,26-27,29-32,34-35,37-44H2,1-3H3,(H,50,53)/b28-25-,36-33+. The summed E-state index contributed by atoms with van der Waals surface area (Å²) in [4.78, 5) is 25.9. The van der Waals surface area contributed by atoms with Gasteiger partial charge in [0.05, 0.1) is 25.2 Å². The number of unbranched alkanes of at least 4 members (excludes halogenated alkanes) is 27. The fourth-order valence-electron chi connectivity index (χ4n) is 7.37. The van der Waals surface area contributed by atoms with Crippen molar-refractivity contribution in [2.45, 2.75) is 270 Å². The normalized spacial score (nSPS) is 13.5. The lowest BCUT2D eigenvalue weighted by Crippen LogP contribution is -2.46. The predicted molar refractivity (Wildman–Crippen MR) is 236 cm³/mol. The van der Waals surface area contributed by atoms with E-state index in [-0.39, 0.29) is 24.9 Å². The van der Waals surface area contributed by atoms with E-state index in [2.05, 4.69) is 44.3 Å². The minimum Gasteiger partial charge on any atom is -0.462 e. The Balaban J connectivity index is 4.48. The average molecular weight is 776 g/mol. The molecule has 0 spiro atoms. The number of hydrogen-bond acceptors (Lipinski definition) is 5. The molecule has 0 aromatic heterocycles. The van der Waals surface area contributed by atoms with Gasteiger partial charge in [0.1, 0.15) is 6.10 Å². The van der Waals surface area contributed by atoms with Crippen molar-refractivity contribution in [2.75, 3.05) is 6.61 Å². The Kier molecular flexibility index (Phi) is 42.2. The van der Waals surface area contributed by atoms with E-state index >= 15 is 0 Å². The summed E-state index contributed by atoms with van der Waals surface area (Å²) in [6.45, 7) is 6.44. The van der Waals surface area contributed by atoms with Crippen molar-refractivity contribution in [1.29, 1.82) is 0 Å². The van der Waals surface area contributed by atoms with Gasteiger partial charge in [-0.05, 0) is 44.9 Å². The summed E-state index contributed by atoms with van der Waals surface area (Å²) in [5.74, 6) is -0.549. The average Bonchev–Trinajstić information content (AvgIpc) is 3.18. The van der Waals surface area contributed by atoms with Crippen LogP contribution >= 0.6 is 0 Å². The van der Waals surface area contributed by atoms with Crippen molar-refractivity contribution in [3.05, 3.63) is 24.3 Å². The number of carbonyl (C=O) groups is 2. The summed E-state index contributed by atoms with van der Waals surface area (Å²) >= 11 is 0. The second-order valence-electron chi connectivity index (χ2n) is 16.5. The van der Waals surface area contributed by atoms with Crippen LogP contribution in [-0.2, 0) is 14.3 Å². The van der Waals surface area contributed by atoms with E-state index in [9.17, 15) is 19.8 Å². The maximum Gasteiger partial charge on any atom is 0.306 e. The molecule has 0 saturated heterocycles. The summed E-state index contributed by atoms with van der Waals surface area (Å²) < 4.78 is 5.85. The molecule has 55 heavy (non-hydrogen) atoms. The summed E-state index contributed by atoms with van der Waals surface area (Å²) in [5, 5.41) is 23.7. The molecule has 3 atom stereocenters. The van der Waals surface area contributed by atoms with Crippen LogP contribution in [0.15, 0.2) is 24.3 Å². The summed E-state index contributed by atoms with van der Waals surface area (Å²) in [5.41, 5.74) is 0. The van der Waals surface area contributed by atoms with Crippen LogP contribution in [0.5, 0.6) is 0 Å². The lowest BCUT2D eigenvalue weighted by atomic mass is 10.0. The smallest absolute Gasteiger partial charge is 0.306 e. The van der Waals surface area contributed by atoms with Crippen molar-refractivity contribution in [2.24, 2.45) is 0 Å². The maximum absolute atomic E-state index is 13.1. The zero-order chi connectivity index (χ0) is 40.3. The van der Waals surface area contributed by atoms with Gasteiger partial charge in [0.25, 0.3) is 0 Å². The zero-order valence-corrected chi connectivity index (χ0v) is 36.8.